The molecule has 1 aliphatic rings. The lowest BCUT2D eigenvalue weighted by molar-refractivity contribution is -0.124. The Morgan fingerprint density at radius 3 is 1.98 bits per heavy atom. The summed E-state index contributed by atoms with van der Waals surface area (Å²) in [4.78, 5) is 88.1. The highest BCUT2D eigenvalue weighted by molar-refractivity contribution is 7.13. The topological polar surface area (TPSA) is 250 Å². The van der Waals surface area contributed by atoms with E-state index in [-0.39, 0.29) is 57.6 Å². The van der Waals surface area contributed by atoms with Gasteiger partial charge in [-0.15, -0.1) is 22.7 Å². The quantitative estimate of drug-likeness (QED) is 0.172. The van der Waals surface area contributed by atoms with Gasteiger partial charge in [0.05, 0.1) is 6.04 Å². The summed E-state index contributed by atoms with van der Waals surface area (Å²) in [5.41, 5.74) is 6.62. The minimum atomic E-state index is -0.970. The molecule has 8 bridgehead atoms. The lowest BCUT2D eigenvalue weighted by Gasteiger charge is -2.22. The molecule has 1 unspecified atom stereocenters. The second kappa shape index (κ2) is 14.7. The van der Waals surface area contributed by atoms with Gasteiger partial charge in [-0.1, -0.05) is 13.8 Å². The lowest BCUT2D eigenvalue weighted by atomic mass is 10.0. The van der Waals surface area contributed by atoms with E-state index in [4.69, 9.17) is 14.6 Å². The molecule has 6 heterocycles. The first-order valence-electron chi connectivity index (χ1n) is 16.5. The number of oxazole rings is 2. The van der Waals surface area contributed by atoms with Crippen LogP contribution in [0.2, 0.25) is 0 Å². The second-order valence-electron chi connectivity index (χ2n) is 12.8. The summed E-state index contributed by atoms with van der Waals surface area (Å²) in [6, 6.07) is -0.0243. The van der Waals surface area contributed by atoms with Crippen molar-refractivity contribution in [3.05, 3.63) is 74.0 Å². The summed E-state index contributed by atoms with van der Waals surface area (Å²) in [5, 5.41) is 15.2. The van der Waals surface area contributed by atoms with E-state index in [2.05, 4.69) is 46.2 Å². The van der Waals surface area contributed by atoms with E-state index < -0.39 is 53.7 Å². The van der Waals surface area contributed by atoms with Gasteiger partial charge in [0.2, 0.25) is 17.7 Å². The van der Waals surface area contributed by atoms with Crippen molar-refractivity contribution >= 4 is 52.2 Å². The Labute approximate surface area is 310 Å². The molecule has 5 amide bonds. The fourth-order valence-electron chi connectivity index (χ4n) is 5.45. The molecular formula is C34H36N10O7S2. The fourth-order valence-corrected chi connectivity index (χ4v) is 7.08. The highest BCUT2D eigenvalue weighted by Gasteiger charge is 2.31. The highest BCUT2D eigenvalue weighted by atomic mass is 32.1. The van der Waals surface area contributed by atoms with Crippen LogP contribution in [0.5, 0.6) is 0 Å². The third kappa shape index (κ3) is 7.56. The fraction of sp³-hybridized carbons (Fsp3) is 0.353. The molecule has 0 radical (unpaired) electrons. The summed E-state index contributed by atoms with van der Waals surface area (Å²) in [6.07, 6.45) is 0. The maximum absolute atomic E-state index is 13.5. The van der Waals surface area contributed by atoms with Crippen LogP contribution in [0, 0.1) is 19.8 Å². The molecule has 0 saturated carbocycles. The number of nitrogens with one attached hydrogen (secondary N) is 4. The monoisotopic (exact) mass is 760 g/mol. The maximum atomic E-state index is 13.5. The summed E-state index contributed by atoms with van der Waals surface area (Å²) in [7, 11) is 0. The Morgan fingerprint density at radius 1 is 0.717 bits per heavy atom. The molecule has 19 heteroatoms. The van der Waals surface area contributed by atoms with Gasteiger partial charge in [0.15, 0.2) is 5.69 Å². The summed E-state index contributed by atoms with van der Waals surface area (Å²) in [6.45, 7) is 11.8. The number of hydrogen-bond donors (Lipinski definition) is 5. The number of aryl methyl sites for hydroxylation is 2. The SMILES string of the molecule is Cc1oc2nc1C(=O)N[C@@H](C)c1nc(cs1)C(=O)N[C@@H](C)c1nc(c(C)o1)-c1nc(C(N)=O)ccc1-c1nc(cs1)C(=O)N[C@@H](C(C)C)C(=O)NC2C. The average Bonchev–Trinajstić information content (AvgIpc) is 3.92. The van der Waals surface area contributed by atoms with Crippen molar-refractivity contribution in [3.8, 4) is 22.0 Å². The molecule has 0 saturated heterocycles. The van der Waals surface area contributed by atoms with Crippen molar-refractivity contribution in [1.82, 2.24) is 46.2 Å². The van der Waals surface area contributed by atoms with E-state index in [0.29, 0.717) is 21.3 Å². The second-order valence-corrected chi connectivity index (χ2v) is 14.5. The Hall–Kier alpha value is -5.82. The van der Waals surface area contributed by atoms with E-state index in [0.717, 1.165) is 11.3 Å². The zero-order chi connectivity index (χ0) is 38.3. The largest absolute Gasteiger partial charge is 0.443 e. The minimum absolute atomic E-state index is 0.0222. The molecule has 6 rings (SSSR count). The molecule has 1 aliphatic heterocycles. The van der Waals surface area contributed by atoms with Gasteiger partial charge in [0.1, 0.15) is 68.1 Å². The Balaban J connectivity index is 1.40. The highest BCUT2D eigenvalue weighted by Crippen LogP contribution is 2.35. The number of thiazole rings is 2. The molecular weight excluding hydrogens is 725 g/mol. The first-order chi connectivity index (χ1) is 25.1. The molecule has 5 aromatic heterocycles. The van der Waals surface area contributed by atoms with Crippen LogP contribution in [-0.2, 0) is 4.79 Å². The Kier molecular flexibility index (Phi) is 10.2. The van der Waals surface area contributed by atoms with Crippen molar-refractivity contribution < 1.29 is 32.8 Å². The summed E-state index contributed by atoms with van der Waals surface area (Å²) in [5.74, 6) is -2.44. The van der Waals surface area contributed by atoms with Crippen LogP contribution in [-0.4, -0.2) is 60.5 Å². The van der Waals surface area contributed by atoms with Crippen LogP contribution in [0.25, 0.3) is 22.0 Å². The molecule has 0 aromatic carbocycles. The van der Waals surface area contributed by atoms with Gasteiger partial charge in [-0.05, 0) is 52.7 Å². The number of aromatic nitrogens is 5. The first-order valence-corrected chi connectivity index (χ1v) is 18.3. The number of carbonyl (C=O) groups is 5. The number of hydrogen-bond acceptors (Lipinski definition) is 14. The zero-order valence-corrected chi connectivity index (χ0v) is 31.3. The van der Waals surface area contributed by atoms with Crippen LogP contribution in [0.4, 0.5) is 0 Å². The zero-order valence-electron chi connectivity index (χ0n) is 29.7. The van der Waals surface area contributed by atoms with Crippen molar-refractivity contribution in [2.45, 2.75) is 72.6 Å². The molecule has 53 heavy (non-hydrogen) atoms. The first kappa shape index (κ1) is 37.0. The molecule has 4 atom stereocenters. The van der Waals surface area contributed by atoms with Crippen LogP contribution < -0.4 is 27.0 Å². The third-order valence-electron chi connectivity index (χ3n) is 8.34. The van der Waals surface area contributed by atoms with E-state index in [1.807, 2.05) is 0 Å². The van der Waals surface area contributed by atoms with E-state index in [9.17, 15) is 24.0 Å². The van der Waals surface area contributed by atoms with E-state index in [1.165, 1.54) is 22.8 Å². The number of nitrogens with zero attached hydrogens (tertiary/aromatic N) is 5. The van der Waals surface area contributed by atoms with Crippen LogP contribution in [0.1, 0.15) is 123 Å². The van der Waals surface area contributed by atoms with Crippen molar-refractivity contribution in [3.63, 3.8) is 0 Å². The number of carbonyl (C=O) groups excluding carboxylic acids is 5. The van der Waals surface area contributed by atoms with Gasteiger partial charge in [-0.25, -0.2) is 24.9 Å². The number of fused-ring (bicyclic) bond motifs is 11. The number of primary amides is 1. The molecule has 17 nitrogen and oxygen atoms in total. The maximum Gasteiger partial charge on any atom is 0.274 e. The van der Waals surface area contributed by atoms with Crippen LogP contribution in [0.3, 0.4) is 0 Å². The molecule has 6 N–H and O–H groups in total. The van der Waals surface area contributed by atoms with Crippen LogP contribution >= 0.6 is 22.7 Å². The average molecular weight is 761 g/mol. The number of pyridine rings is 1. The summed E-state index contributed by atoms with van der Waals surface area (Å²) >= 11 is 2.33. The number of nitrogens with two attached hydrogens (primary N) is 1. The molecule has 276 valence electrons. The molecule has 0 spiro atoms. The molecule has 0 fully saturated rings. The standard InChI is InChI=1S/C34H36N10O7S2/c1-12(2)22-29(48)37-14(4)32-44-24(17(7)51-32)30(49)38-15(5)33-40-20(10-52-33)27(46)36-13(3)31-43-23(16(6)50-31)25-18(8-9-19(39-25)26(35)45)34-41-21(11-53-34)28(47)42-22/h8-15,22H,1-7H3,(H2,35,45)(H,36,46)(H,37,48)(H,38,49)(H,42,47)/t13-,14?,15-,22-/m0/s1. The predicted octanol–water partition coefficient (Wildman–Crippen LogP) is 3.95. The van der Waals surface area contributed by atoms with E-state index >= 15 is 0 Å². The molecule has 0 aliphatic carbocycles. The van der Waals surface area contributed by atoms with Crippen molar-refractivity contribution in [2.24, 2.45) is 11.7 Å². The number of rotatable bonds is 2. The van der Waals surface area contributed by atoms with Crippen LogP contribution in [0.15, 0.2) is 31.7 Å². The van der Waals surface area contributed by atoms with E-state index in [1.54, 1.807) is 59.9 Å². The van der Waals surface area contributed by atoms with Gasteiger partial charge in [-0.2, -0.15) is 0 Å². The van der Waals surface area contributed by atoms with Gasteiger partial charge in [0, 0.05) is 16.3 Å². The Morgan fingerprint density at radius 2 is 1.30 bits per heavy atom. The van der Waals surface area contributed by atoms with Gasteiger partial charge < -0.3 is 35.8 Å². The summed E-state index contributed by atoms with van der Waals surface area (Å²) < 4.78 is 11.7. The van der Waals surface area contributed by atoms with Gasteiger partial charge in [0.25, 0.3) is 23.6 Å². The number of amides is 5. The minimum Gasteiger partial charge on any atom is -0.443 e. The predicted molar refractivity (Wildman–Crippen MR) is 192 cm³/mol. The van der Waals surface area contributed by atoms with Gasteiger partial charge >= 0.3 is 0 Å². The normalized spacial score (nSPS) is 19.9. The van der Waals surface area contributed by atoms with Gasteiger partial charge in [-0.3, -0.25) is 24.0 Å². The van der Waals surface area contributed by atoms with Crippen molar-refractivity contribution in [2.75, 3.05) is 0 Å². The Bertz CT molecular complexity index is 2250. The smallest absolute Gasteiger partial charge is 0.274 e. The lowest BCUT2D eigenvalue weighted by Crippen LogP contribution is -2.50. The van der Waals surface area contributed by atoms with Crippen molar-refractivity contribution in [1.29, 1.82) is 0 Å². The third-order valence-corrected chi connectivity index (χ3v) is 10.2. The molecule has 5 aromatic rings.